The fourth-order valence-corrected chi connectivity index (χ4v) is 5.00. The molecule has 4 amide bonds. The molecule has 7 nitrogen and oxygen atoms in total. The van der Waals surface area contributed by atoms with Crippen molar-refractivity contribution in [3.8, 4) is 0 Å². The van der Waals surface area contributed by atoms with Crippen molar-refractivity contribution in [2.75, 3.05) is 13.1 Å². The summed E-state index contributed by atoms with van der Waals surface area (Å²) < 4.78 is 0.922. The summed E-state index contributed by atoms with van der Waals surface area (Å²) in [4.78, 5) is 55.7. The summed E-state index contributed by atoms with van der Waals surface area (Å²) in [5.74, 6) is -0.829. The Labute approximate surface area is 243 Å². The number of amides is 4. The summed E-state index contributed by atoms with van der Waals surface area (Å²) in [5, 5.41) is 3.02. The number of hydrogen-bond donors (Lipinski definition) is 1. The predicted molar refractivity (Wildman–Crippen MR) is 158 cm³/mol. The summed E-state index contributed by atoms with van der Waals surface area (Å²) in [7, 11) is 0. The first-order valence-electron chi connectivity index (χ1n) is 13.6. The minimum absolute atomic E-state index is 0.0900. The Morgan fingerprint density at radius 2 is 1.45 bits per heavy atom. The lowest BCUT2D eigenvalue weighted by molar-refractivity contribution is -0.141. The van der Waals surface area contributed by atoms with Gasteiger partial charge in [0.25, 0.3) is 11.8 Å². The molecule has 0 spiro atoms. The highest BCUT2D eigenvalue weighted by molar-refractivity contribution is 9.10. The number of carbonyl (C=O) groups excluding carboxylic acids is 4. The SMILES string of the molecule is CC(C)CNC(=O)[C@@H](Cc1ccccc1)N(Cc1ccc(Br)cc1)C(=O)CCCN1C(=O)c2ccccc2C1=O. The molecule has 0 saturated carbocycles. The van der Waals surface area contributed by atoms with Crippen LogP contribution in [0.25, 0.3) is 0 Å². The average Bonchev–Trinajstić information content (AvgIpc) is 3.20. The Kier molecular flexibility index (Phi) is 9.88. The van der Waals surface area contributed by atoms with E-state index >= 15 is 0 Å². The lowest BCUT2D eigenvalue weighted by Gasteiger charge is -2.32. The molecule has 1 aliphatic rings. The molecule has 3 aromatic carbocycles. The van der Waals surface area contributed by atoms with E-state index in [-0.39, 0.29) is 49.1 Å². The van der Waals surface area contributed by atoms with E-state index in [1.54, 1.807) is 29.2 Å². The lowest BCUT2D eigenvalue weighted by Crippen LogP contribution is -2.51. The van der Waals surface area contributed by atoms with Gasteiger partial charge in [0.1, 0.15) is 6.04 Å². The summed E-state index contributed by atoms with van der Waals surface area (Å²) in [6, 6.07) is 23.3. The van der Waals surface area contributed by atoms with Crippen molar-refractivity contribution < 1.29 is 19.2 Å². The van der Waals surface area contributed by atoms with Crippen LogP contribution in [0, 0.1) is 5.92 Å². The first-order chi connectivity index (χ1) is 19.2. The van der Waals surface area contributed by atoms with Gasteiger partial charge in [0, 0.05) is 36.9 Å². The highest BCUT2D eigenvalue weighted by atomic mass is 79.9. The van der Waals surface area contributed by atoms with Gasteiger partial charge in [-0.1, -0.05) is 84.4 Å². The molecule has 1 atom stereocenters. The molecule has 0 unspecified atom stereocenters. The average molecular weight is 605 g/mol. The zero-order valence-corrected chi connectivity index (χ0v) is 24.4. The quantitative estimate of drug-likeness (QED) is 0.287. The standard InChI is InChI=1S/C32H34BrN3O4/c1-22(2)20-34-30(38)28(19-23-9-4-3-5-10-23)36(21-24-14-16-25(33)17-15-24)29(37)13-8-18-35-31(39)26-11-6-7-12-27(26)32(35)40/h3-7,9-12,14-17,22,28H,8,13,18-21H2,1-2H3,(H,34,38)/t28-/m1/s1. The van der Waals surface area contributed by atoms with E-state index in [9.17, 15) is 19.2 Å². The molecule has 0 fully saturated rings. The molecule has 0 aliphatic carbocycles. The van der Waals surface area contributed by atoms with Gasteiger partial charge in [0.05, 0.1) is 11.1 Å². The molecule has 1 aliphatic heterocycles. The van der Waals surface area contributed by atoms with Crippen LogP contribution in [0.3, 0.4) is 0 Å². The van der Waals surface area contributed by atoms with Crippen LogP contribution in [-0.2, 0) is 22.6 Å². The molecule has 1 heterocycles. The molecular formula is C32H34BrN3O4. The van der Waals surface area contributed by atoms with Crippen LogP contribution in [0.15, 0.2) is 83.3 Å². The molecule has 4 rings (SSSR count). The van der Waals surface area contributed by atoms with Crippen LogP contribution in [0.4, 0.5) is 0 Å². The van der Waals surface area contributed by atoms with Crippen LogP contribution >= 0.6 is 15.9 Å². The van der Waals surface area contributed by atoms with Crippen molar-refractivity contribution in [1.29, 1.82) is 0 Å². The van der Waals surface area contributed by atoms with Crippen molar-refractivity contribution in [1.82, 2.24) is 15.1 Å². The van der Waals surface area contributed by atoms with Crippen LogP contribution in [0.2, 0.25) is 0 Å². The van der Waals surface area contributed by atoms with Crippen LogP contribution < -0.4 is 5.32 Å². The molecule has 3 aromatic rings. The molecule has 0 bridgehead atoms. The zero-order chi connectivity index (χ0) is 28.6. The summed E-state index contributed by atoms with van der Waals surface area (Å²) >= 11 is 3.45. The van der Waals surface area contributed by atoms with Gasteiger partial charge in [-0.05, 0) is 47.7 Å². The molecule has 208 valence electrons. The maximum atomic E-state index is 13.8. The number of fused-ring (bicyclic) bond motifs is 1. The molecule has 0 aromatic heterocycles. The summed E-state index contributed by atoms with van der Waals surface area (Å²) in [5.41, 5.74) is 2.62. The highest BCUT2D eigenvalue weighted by Crippen LogP contribution is 2.23. The Morgan fingerprint density at radius 1 is 0.850 bits per heavy atom. The molecule has 0 radical (unpaired) electrons. The van der Waals surface area contributed by atoms with Crippen LogP contribution in [-0.4, -0.2) is 52.6 Å². The number of halogens is 1. The maximum absolute atomic E-state index is 13.8. The smallest absolute Gasteiger partial charge is 0.261 e. The Morgan fingerprint density at radius 3 is 2.05 bits per heavy atom. The number of imide groups is 1. The lowest BCUT2D eigenvalue weighted by atomic mass is 10.0. The van der Waals surface area contributed by atoms with Crippen LogP contribution in [0.1, 0.15) is 58.5 Å². The van der Waals surface area contributed by atoms with E-state index in [0.29, 0.717) is 30.5 Å². The van der Waals surface area contributed by atoms with Gasteiger partial charge in [-0.2, -0.15) is 0 Å². The molecule has 0 saturated heterocycles. The van der Waals surface area contributed by atoms with E-state index in [4.69, 9.17) is 0 Å². The van der Waals surface area contributed by atoms with Crippen molar-refractivity contribution in [3.63, 3.8) is 0 Å². The first kappa shape index (κ1) is 29.2. The normalized spacial score (nSPS) is 13.3. The zero-order valence-electron chi connectivity index (χ0n) is 22.8. The fourth-order valence-electron chi connectivity index (χ4n) is 4.74. The number of hydrogen-bond acceptors (Lipinski definition) is 4. The number of nitrogens with zero attached hydrogens (tertiary/aromatic N) is 2. The predicted octanol–water partition coefficient (Wildman–Crippen LogP) is 5.24. The van der Waals surface area contributed by atoms with E-state index in [2.05, 4.69) is 21.2 Å². The molecular weight excluding hydrogens is 570 g/mol. The topological polar surface area (TPSA) is 86.8 Å². The third kappa shape index (κ3) is 7.24. The molecule has 8 heteroatoms. The Hall–Kier alpha value is -3.78. The third-order valence-electron chi connectivity index (χ3n) is 6.87. The second kappa shape index (κ2) is 13.5. The van der Waals surface area contributed by atoms with E-state index in [1.807, 2.05) is 68.4 Å². The van der Waals surface area contributed by atoms with Gasteiger partial charge in [-0.3, -0.25) is 24.1 Å². The van der Waals surface area contributed by atoms with Crippen molar-refractivity contribution in [2.45, 2.75) is 45.7 Å². The summed E-state index contributed by atoms with van der Waals surface area (Å²) in [6.45, 7) is 4.94. The van der Waals surface area contributed by atoms with Crippen molar-refractivity contribution in [3.05, 3.63) is 106 Å². The van der Waals surface area contributed by atoms with E-state index in [0.717, 1.165) is 15.6 Å². The highest BCUT2D eigenvalue weighted by Gasteiger charge is 2.35. The third-order valence-corrected chi connectivity index (χ3v) is 7.40. The van der Waals surface area contributed by atoms with E-state index < -0.39 is 6.04 Å². The van der Waals surface area contributed by atoms with Crippen LogP contribution in [0.5, 0.6) is 0 Å². The minimum Gasteiger partial charge on any atom is -0.354 e. The van der Waals surface area contributed by atoms with Crippen molar-refractivity contribution in [2.24, 2.45) is 5.92 Å². The molecule has 40 heavy (non-hydrogen) atoms. The number of nitrogens with one attached hydrogen (secondary N) is 1. The number of carbonyl (C=O) groups is 4. The van der Waals surface area contributed by atoms with E-state index in [1.165, 1.54) is 4.90 Å². The van der Waals surface area contributed by atoms with Gasteiger partial charge in [-0.15, -0.1) is 0 Å². The number of rotatable bonds is 12. The first-order valence-corrected chi connectivity index (χ1v) is 14.3. The molecule has 1 N–H and O–H groups in total. The summed E-state index contributed by atoms with van der Waals surface area (Å²) in [6.07, 6.45) is 0.755. The van der Waals surface area contributed by atoms with Gasteiger partial charge in [-0.25, -0.2) is 0 Å². The Balaban J connectivity index is 1.53. The second-order valence-electron chi connectivity index (χ2n) is 10.4. The second-order valence-corrected chi connectivity index (χ2v) is 11.3. The Bertz CT molecular complexity index is 1320. The van der Waals surface area contributed by atoms with Crippen molar-refractivity contribution >= 4 is 39.6 Å². The number of benzene rings is 3. The largest absolute Gasteiger partial charge is 0.354 e. The van der Waals surface area contributed by atoms with Gasteiger partial charge >= 0.3 is 0 Å². The van der Waals surface area contributed by atoms with Gasteiger partial charge < -0.3 is 10.2 Å². The monoisotopic (exact) mass is 603 g/mol. The van der Waals surface area contributed by atoms with Gasteiger partial charge in [0.15, 0.2) is 0 Å². The van der Waals surface area contributed by atoms with Gasteiger partial charge in [0.2, 0.25) is 11.8 Å². The maximum Gasteiger partial charge on any atom is 0.261 e. The fraction of sp³-hybridized carbons (Fsp3) is 0.312. The minimum atomic E-state index is -0.725.